The molecule has 2 aliphatic carbocycles. The van der Waals surface area contributed by atoms with Crippen LogP contribution >= 0.6 is 0 Å². The van der Waals surface area contributed by atoms with Crippen LogP contribution < -0.4 is 0 Å². The van der Waals surface area contributed by atoms with Gasteiger partial charge in [0.2, 0.25) is 0 Å². The fourth-order valence-corrected chi connectivity index (χ4v) is 4.78. The minimum Gasteiger partial charge on any atom is -0.294 e. The maximum atomic E-state index is 13.2. The number of allylic oxidation sites excluding steroid dienone is 2. The molecular formula is C22H22N2O. The van der Waals surface area contributed by atoms with Gasteiger partial charge in [-0.1, -0.05) is 49.8 Å². The average Bonchev–Trinajstić information content (AvgIpc) is 2.97. The highest BCUT2D eigenvalue weighted by Gasteiger charge is 2.48. The van der Waals surface area contributed by atoms with Crippen molar-refractivity contribution >= 4 is 5.78 Å². The number of nitrogens with one attached hydrogen (secondary N) is 1. The van der Waals surface area contributed by atoms with E-state index >= 15 is 0 Å². The molecule has 1 unspecified atom stereocenters. The molecule has 1 aromatic carbocycles. The fourth-order valence-electron chi connectivity index (χ4n) is 4.78. The summed E-state index contributed by atoms with van der Waals surface area (Å²) in [5.74, 6) is 2.95. The SMILES string of the molecule is C#Cc1n[nH]c2c1C(C)(c1ccccc1)C1=C(C2)CC(C)(C)CC1=O. The number of H-pyrrole nitrogens is 1. The molecular weight excluding hydrogens is 308 g/mol. The molecule has 2 aliphatic rings. The molecule has 1 aromatic heterocycles. The van der Waals surface area contributed by atoms with Crippen molar-refractivity contribution in [1.29, 1.82) is 0 Å². The second-order valence-corrected chi connectivity index (χ2v) is 8.16. The van der Waals surface area contributed by atoms with Gasteiger partial charge in [0.1, 0.15) is 5.69 Å². The summed E-state index contributed by atoms with van der Waals surface area (Å²) in [6.45, 7) is 6.47. The quantitative estimate of drug-likeness (QED) is 0.805. The molecule has 1 N–H and O–H groups in total. The van der Waals surface area contributed by atoms with Crippen molar-refractivity contribution in [1.82, 2.24) is 10.2 Å². The molecule has 3 nitrogen and oxygen atoms in total. The first kappa shape index (κ1) is 15.9. The highest BCUT2D eigenvalue weighted by atomic mass is 16.1. The van der Waals surface area contributed by atoms with Crippen LogP contribution in [0, 0.1) is 17.8 Å². The summed E-state index contributed by atoms with van der Waals surface area (Å²) in [6, 6.07) is 10.2. The van der Waals surface area contributed by atoms with Gasteiger partial charge in [0.15, 0.2) is 5.78 Å². The number of fused-ring (bicyclic) bond motifs is 1. The lowest BCUT2D eigenvalue weighted by molar-refractivity contribution is -0.118. The molecule has 0 radical (unpaired) electrons. The Morgan fingerprint density at radius 3 is 2.56 bits per heavy atom. The number of rotatable bonds is 1. The number of benzene rings is 1. The summed E-state index contributed by atoms with van der Waals surface area (Å²) >= 11 is 0. The minimum absolute atomic E-state index is 0.0000132. The third kappa shape index (κ3) is 2.21. The van der Waals surface area contributed by atoms with Crippen LogP contribution in [0.4, 0.5) is 0 Å². The number of ketones is 1. The van der Waals surface area contributed by atoms with Crippen LogP contribution in [0.5, 0.6) is 0 Å². The van der Waals surface area contributed by atoms with E-state index in [4.69, 9.17) is 6.42 Å². The fraction of sp³-hybridized carbons (Fsp3) is 0.364. The molecule has 3 heteroatoms. The Hall–Kier alpha value is -2.60. The Bertz CT molecular complexity index is 940. The van der Waals surface area contributed by atoms with Crippen LogP contribution in [0.2, 0.25) is 0 Å². The van der Waals surface area contributed by atoms with Gasteiger partial charge in [0.05, 0.1) is 5.41 Å². The Labute approximate surface area is 148 Å². The standard InChI is InChI=1S/C22H22N2O/c1-5-16-20-17(24-23-16)11-14-12-21(2,3)13-18(25)19(14)22(20,4)15-9-7-6-8-10-15/h1,6-10H,11-13H2,2-4H3,(H,23,24). The summed E-state index contributed by atoms with van der Waals surface area (Å²) < 4.78 is 0. The highest BCUT2D eigenvalue weighted by Crippen LogP contribution is 2.52. The van der Waals surface area contributed by atoms with Crippen LogP contribution in [0.15, 0.2) is 41.5 Å². The van der Waals surface area contributed by atoms with E-state index in [1.54, 1.807) is 0 Å². The molecule has 1 atom stereocenters. The number of aromatic amines is 1. The van der Waals surface area contributed by atoms with E-state index in [2.05, 4.69) is 49.0 Å². The lowest BCUT2D eigenvalue weighted by Gasteiger charge is -2.43. The van der Waals surface area contributed by atoms with E-state index < -0.39 is 5.41 Å². The maximum absolute atomic E-state index is 13.2. The van der Waals surface area contributed by atoms with Gasteiger partial charge < -0.3 is 0 Å². The Morgan fingerprint density at radius 2 is 1.88 bits per heavy atom. The van der Waals surface area contributed by atoms with Gasteiger partial charge in [0, 0.05) is 29.7 Å². The molecule has 0 spiro atoms. The van der Waals surface area contributed by atoms with Crippen LogP contribution in [-0.4, -0.2) is 16.0 Å². The molecule has 0 saturated heterocycles. The maximum Gasteiger partial charge on any atom is 0.160 e. The average molecular weight is 330 g/mol. The number of carbonyl (C=O) groups is 1. The van der Waals surface area contributed by atoms with Gasteiger partial charge in [-0.05, 0) is 30.2 Å². The zero-order chi connectivity index (χ0) is 17.8. The number of hydrogen-bond donors (Lipinski definition) is 1. The first-order chi connectivity index (χ1) is 11.9. The zero-order valence-corrected chi connectivity index (χ0v) is 14.9. The predicted molar refractivity (Wildman–Crippen MR) is 98.2 cm³/mol. The zero-order valence-electron chi connectivity index (χ0n) is 14.9. The van der Waals surface area contributed by atoms with E-state index in [9.17, 15) is 4.79 Å². The van der Waals surface area contributed by atoms with E-state index in [1.165, 1.54) is 5.57 Å². The summed E-state index contributed by atoms with van der Waals surface area (Å²) in [5.41, 5.74) is 5.36. The topological polar surface area (TPSA) is 45.8 Å². The van der Waals surface area contributed by atoms with Gasteiger partial charge in [-0.2, -0.15) is 5.10 Å². The van der Waals surface area contributed by atoms with Crippen molar-refractivity contribution in [2.75, 3.05) is 0 Å². The van der Waals surface area contributed by atoms with Crippen molar-refractivity contribution in [3.05, 3.63) is 64.0 Å². The van der Waals surface area contributed by atoms with Gasteiger partial charge in [-0.25, -0.2) is 0 Å². The summed E-state index contributed by atoms with van der Waals surface area (Å²) in [7, 11) is 0. The molecule has 0 saturated carbocycles. The monoisotopic (exact) mass is 330 g/mol. The molecule has 4 rings (SSSR count). The Balaban J connectivity index is 2.04. The lowest BCUT2D eigenvalue weighted by atomic mass is 9.58. The minimum atomic E-state index is -0.549. The number of Topliss-reactive ketones (excluding diaryl/α,β-unsaturated/α-hetero) is 1. The van der Waals surface area contributed by atoms with Crippen molar-refractivity contribution in [2.24, 2.45) is 5.41 Å². The number of carbonyl (C=O) groups excluding carboxylic acids is 1. The molecule has 0 amide bonds. The van der Waals surface area contributed by atoms with Crippen molar-refractivity contribution in [3.63, 3.8) is 0 Å². The van der Waals surface area contributed by atoms with Crippen molar-refractivity contribution in [3.8, 4) is 12.3 Å². The van der Waals surface area contributed by atoms with Gasteiger partial charge >= 0.3 is 0 Å². The van der Waals surface area contributed by atoms with Gasteiger partial charge in [0.25, 0.3) is 0 Å². The molecule has 0 bridgehead atoms. The summed E-state index contributed by atoms with van der Waals surface area (Å²) in [5, 5.41) is 7.50. The number of nitrogens with zero attached hydrogens (tertiary/aromatic N) is 1. The van der Waals surface area contributed by atoms with Gasteiger partial charge in [-0.3, -0.25) is 9.89 Å². The number of hydrogen-bond acceptors (Lipinski definition) is 2. The smallest absolute Gasteiger partial charge is 0.160 e. The molecule has 126 valence electrons. The van der Waals surface area contributed by atoms with Crippen LogP contribution in [0.1, 0.15) is 56.1 Å². The molecule has 2 aromatic rings. The summed E-state index contributed by atoms with van der Waals surface area (Å²) in [4.78, 5) is 13.2. The van der Waals surface area contributed by atoms with Gasteiger partial charge in [-0.15, -0.1) is 6.42 Å². The normalized spacial score (nSPS) is 24.5. The van der Waals surface area contributed by atoms with E-state index in [0.717, 1.165) is 35.2 Å². The molecule has 0 aliphatic heterocycles. The molecule has 25 heavy (non-hydrogen) atoms. The molecule has 0 fully saturated rings. The van der Waals surface area contributed by atoms with Crippen LogP contribution in [0.3, 0.4) is 0 Å². The number of aromatic nitrogens is 2. The number of terminal acetylenes is 1. The Kier molecular flexibility index (Phi) is 3.30. The third-order valence-corrected chi connectivity index (χ3v) is 5.68. The van der Waals surface area contributed by atoms with Crippen LogP contribution in [0.25, 0.3) is 0 Å². The van der Waals surface area contributed by atoms with E-state index in [-0.39, 0.29) is 11.2 Å². The second-order valence-electron chi connectivity index (χ2n) is 8.16. The lowest BCUT2D eigenvalue weighted by Crippen LogP contribution is -2.41. The van der Waals surface area contributed by atoms with E-state index in [0.29, 0.717) is 12.1 Å². The van der Waals surface area contributed by atoms with Crippen LogP contribution in [-0.2, 0) is 16.6 Å². The third-order valence-electron chi connectivity index (χ3n) is 5.68. The Morgan fingerprint density at radius 1 is 1.16 bits per heavy atom. The highest BCUT2D eigenvalue weighted by molar-refractivity contribution is 6.01. The summed E-state index contributed by atoms with van der Waals surface area (Å²) in [6.07, 6.45) is 7.97. The first-order valence-corrected chi connectivity index (χ1v) is 8.72. The molecule has 1 heterocycles. The van der Waals surface area contributed by atoms with E-state index in [1.807, 2.05) is 18.2 Å². The first-order valence-electron chi connectivity index (χ1n) is 8.72. The van der Waals surface area contributed by atoms with Crippen molar-refractivity contribution in [2.45, 2.75) is 45.4 Å². The predicted octanol–water partition coefficient (Wildman–Crippen LogP) is 3.94. The second kappa shape index (κ2) is 5.20. The largest absolute Gasteiger partial charge is 0.294 e. The van der Waals surface area contributed by atoms with Crippen molar-refractivity contribution < 1.29 is 4.79 Å².